The molecule has 2 aromatic carbocycles. The summed E-state index contributed by atoms with van der Waals surface area (Å²) in [5.74, 6) is -0.209. The average Bonchev–Trinajstić information content (AvgIpc) is 2.88. The number of nitrogens with zero attached hydrogens (tertiary/aromatic N) is 2. The molecule has 0 fully saturated rings. The minimum Gasteiger partial charge on any atom is -0.348 e. The lowest BCUT2D eigenvalue weighted by molar-refractivity contribution is -0.122. The molecule has 1 heterocycles. The van der Waals surface area contributed by atoms with E-state index in [9.17, 15) is 9.59 Å². The number of carbonyl (C=O) groups is 1. The van der Waals surface area contributed by atoms with Crippen molar-refractivity contribution in [3.63, 3.8) is 0 Å². The smallest absolute Gasteiger partial charge is 0.329 e. The summed E-state index contributed by atoms with van der Waals surface area (Å²) in [6.45, 7) is 4.54. The Hall–Kier alpha value is -2.53. The molecule has 0 unspecified atom stereocenters. The monoisotopic (exact) mass is 371 g/mol. The molecule has 26 heavy (non-hydrogen) atoms. The molecule has 0 radical (unpaired) electrons. The number of aryl methyl sites for hydroxylation is 1. The minimum atomic E-state index is -0.209. The first kappa shape index (κ1) is 18.3. The predicted octanol–water partition coefficient (Wildman–Crippen LogP) is 3.74. The van der Waals surface area contributed by atoms with Gasteiger partial charge in [-0.15, -0.1) is 0 Å². The van der Waals surface area contributed by atoms with Crippen molar-refractivity contribution < 1.29 is 4.79 Å². The van der Waals surface area contributed by atoms with Gasteiger partial charge in [-0.2, -0.15) is 0 Å². The first-order valence-corrected chi connectivity index (χ1v) is 9.12. The number of aromatic nitrogens is 2. The summed E-state index contributed by atoms with van der Waals surface area (Å²) in [7, 11) is 0. The molecule has 1 aromatic heterocycles. The molecule has 0 aliphatic rings. The van der Waals surface area contributed by atoms with Crippen molar-refractivity contribution in [1.29, 1.82) is 0 Å². The Bertz CT molecular complexity index is 990. The summed E-state index contributed by atoms with van der Waals surface area (Å²) in [4.78, 5) is 25.3. The van der Waals surface area contributed by atoms with E-state index in [1.54, 1.807) is 10.6 Å². The topological polar surface area (TPSA) is 56.0 Å². The molecule has 1 atom stereocenters. The van der Waals surface area contributed by atoms with Crippen LogP contribution in [0.5, 0.6) is 0 Å². The third-order valence-electron chi connectivity index (χ3n) is 4.40. The van der Waals surface area contributed by atoms with Crippen molar-refractivity contribution in [2.75, 3.05) is 0 Å². The van der Waals surface area contributed by atoms with Gasteiger partial charge >= 0.3 is 5.69 Å². The Morgan fingerprint density at radius 3 is 2.46 bits per heavy atom. The SMILES string of the molecule is CCCn1c(=O)n(CC(=O)N[C@@H](C)c2cccc(Cl)c2)c2ccccc21. The standard InChI is InChI=1S/C20H22ClN3O2/c1-3-11-23-17-9-4-5-10-18(17)24(20(23)26)13-19(25)22-14(2)15-7-6-8-16(21)12-15/h4-10,12,14H,3,11,13H2,1-2H3,(H,22,25)/t14-/m0/s1. The van der Waals surface area contributed by atoms with E-state index in [0.717, 1.165) is 23.0 Å². The molecule has 6 heteroatoms. The lowest BCUT2D eigenvalue weighted by Gasteiger charge is -2.15. The fourth-order valence-electron chi connectivity index (χ4n) is 3.15. The van der Waals surface area contributed by atoms with E-state index in [0.29, 0.717) is 11.6 Å². The zero-order valence-electron chi connectivity index (χ0n) is 14.9. The first-order chi connectivity index (χ1) is 12.5. The number of hydrogen-bond donors (Lipinski definition) is 1. The minimum absolute atomic E-state index is 0.0129. The Kier molecular flexibility index (Phi) is 5.47. The molecule has 3 aromatic rings. The van der Waals surface area contributed by atoms with Crippen LogP contribution in [0.4, 0.5) is 0 Å². The van der Waals surface area contributed by atoms with Gasteiger partial charge in [0, 0.05) is 11.6 Å². The number of hydrogen-bond acceptors (Lipinski definition) is 2. The van der Waals surface area contributed by atoms with Crippen molar-refractivity contribution >= 4 is 28.5 Å². The maximum absolute atomic E-state index is 12.7. The summed E-state index contributed by atoms with van der Waals surface area (Å²) >= 11 is 6.01. The fourth-order valence-corrected chi connectivity index (χ4v) is 3.35. The van der Waals surface area contributed by atoms with E-state index in [2.05, 4.69) is 5.32 Å². The highest BCUT2D eigenvalue weighted by molar-refractivity contribution is 6.30. The molecule has 1 amide bonds. The van der Waals surface area contributed by atoms with Crippen LogP contribution in [-0.2, 0) is 17.9 Å². The third kappa shape index (κ3) is 3.68. The molecule has 0 spiro atoms. The first-order valence-electron chi connectivity index (χ1n) is 8.74. The lowest BCUT2D eigenvalue weighted by atomic mass is 10.1. The van der Waals surface area contributed by atoms with Crippen LogP contribution in [0.2, 0.25) is 5.02 Å². The van der Waals surface area contributed by atoms with Crippen LogP contribution in [0.15, 0.2) is 53.3 Å². The van der Waals surface area contributed by atoms with Crippen LogP contribution in [0.3, 0.4) is 0 Å². The second-order valence-electron chi connectivity index (χ2n) is 6.35. The normalized spacial score (nSPS) is 12.3. The summed E-state index contributed by atoms with van der Waals surface area (Å²) in [5.41, 5.74) is 2.40. The van der Waals surface area contributed by atoms with Crippen molar-refractivity contribution in [1.82, 2.24) is 14.5 Å². The van der Waals surface area contributed by atoms with Gasteiger partial charge in [0.25, 0.3) is 0 Å². The third-order valence-corrected chi connectivity index (χ3v) is 4.64. The lowest BCUT2D eigenvalue weighted by Crippen LogP contribution is -2.34. The van der Waals surface area contributed by atoms with E-state index in [4.69, 9.17) is 11.6 Å². The maximum Gasteiger partial charge on any atom is 0.329 e. The highest BCUT2D eigenvalue weighted by Gasteiger charge is 2.16. The predicted molar refractivity (Wildman–Crippen MR) is 104 cm³/mol. The van der Waals surface area contributed by atoms with E-state index in [1.165, 1.54) is 4.57 Å². The Morgan fingerprint density at radius 2 is 1.81 bits per heavy atom. The van der Waals surface area contributed by atoms with Crippen LogP contribution < -0.4 is 11.0 Å². The van der Waals surface area contributed by atoms with Crippen molar-refractivity contribution in [2.45, 2.75) is 39.4 Å². The van der Waals surface area contributed by atoms with Crippen LogP contribution in [-0.4, -0.2) is 15.0 Å². The maximum atomic E-state index is 12.7. The molecule has 136 valence electrons. The van der Waals surface area contributed by atoms with Crippen molar-refractivity contribution in [3.05, 3.63) is 69.6 Å². The van der Waals surface area contributed by atoms with Gasteiger partial charge in [-0.1, -0.05) is 42.8 Å². The molecule has 0 aliphatic heterocycles. The molecule has 5 nitrogen and oxygen atoms in total. The van der Waals surface area contributed by atoms with Gasteiger partial charge in [0.15, 0.2) is 0 Å². The van der Waals surface area contributed by atoms with Crippen LogP contribution >= 0.6 is 11.6 Å². The number of amides is 1. The van der Waals surface area contributed by atoms with Gasteiger partial charge < -0.3 is 5.32 Å². The van der Waals surface area contributed by atoms with Gasteiger partial charge in [-0.3, -0.25) is 13.9 Å². The van der Waals surface area contributed by atoms with Crippen molar-refractivity contribution in [2.24, 2.45) is 0 Å². The van der Waals surface area contributed by atoms with E-state index in [1.807, 2.05) is 56.3 Å². The molecular formula is C20H22ClN3O2. The second kappa shape index (κ2) is 7.79. The highest BCUT2D eigenvalue weighted by Crippen LogP contribution is 2.18. The van der Waals surface area contributed by atoms with Gasteiger partial charge in [0.2, 0.25) is 5.91 Å². The number of fused-ring (bicyclic) bond motifs is 1. The number of para-hydroxylation sites is 2. The molecule has 0 saturated carbocycles. The molecule has 0 aliphatic carbocycles. The van der Waals surface area contributed by atoms with Crippen molar-refractivity contribution in [3.8, 4) is 0 Å². The number of benzene rings is 2. The van der Waals surface area contributed by atoms with E-state index >= 15 is 0 Å². The number of halogens is 1. The number of imidazole rings is 1. The fraction of sp³-hybridized carbons (Fsp3) is 0.300. The summed E-state index contributed by atoms with van der Waals surface area (Å²) in [5, 5.41) is 3.57. The Labute approximate surface area is 157 Å². The zero-order valence-corrected chi connectivity index (χ0v) is 15.7. The molecular weight excluding hydrogens is 350 g/mol. The Morgan fingerprint density at radius 1 is 1.12 bits per heavy atom. The van der Waals surface area contributed by atoms with Crippen LogP contribution in [0.1, 0.15) is 31.9 Å². The number of nitrogens with one attached hydrogen (secondary N) is 1. The summed E-state index contributed by atoms with van der Waals surface area (Å²) < 4.78 is 3.26. The molecule has 0 bridgehead atoms. The Balaban J connectivity index is 1.83. The molecule has 1 N–H and O–H groups in total. The van der Waals surface area contributed by atoms with Gasteiger partial charge in [-0.05, 0) is 43.2 Å². The van der Waals surface area contributed by atoms with Gasteiger partial charge in [0.05, 0.1) is 17.1 Å². The van der Waals surface area contributed by atoms with Crippen LogP contribution in [0.25, 0.3) is 11.0 Å². The van der Waals surface area contributed by atoms with Gasteiger partial charge in [-0.25, -0.2) is 4.79 Å². The summed E-state index contributed by atoms with van der Waals surface area (Å²) in [6.07, 6.45) is 0.853. The molecule has 3 rings (SSSR count). The van der Waals surface area contributed by atoms with Gasteiger partial charge in [0.1, 0.15) is 6.54 Å². The highest BCUT2D eigenvalue weighted by atomic mass is 35.5. The quantitative estimate of drug-likeness (QED) is 0.717. The summed E-state index contributed by atoms with van der Waals surface area (Å²) in [6, 6.07) is 14.8. The molecule has 0 saturated heterocycles. The van der Waals surface area contributed by atoms with Crippen LogP contribution in [0, 0.1) is 0 Å². The largest absolute Gasteiger partial charge is 0.348 e. The number of rotatable bonds is 6. The van der Waals surface area contributed by atoms with E-state index < -0.39 is 0 Å². The zero-order chi connectivity index (χ0) is 18.7. The second-order valence-corrected chi connectivity index (χ2v) is 6.79. The average molecular weight is 372 g/mol. The number of carbonyl (C=O) groups excluding carboxylic acids is 1. The van der Waals surface area contributed by atoms with E-state index in [-0.39, 0.29) is 24.2 Å².